The number of hydrogen-bond donors (Lipinski definition) is 1. The molecule has 1 saturated heterocycles. The molecule has 1 fully saturated rings. The molecule has 1 amide bonds. The average molecular weight is 578 g/mol. The van der Waals surface area contributed by atoms with Crippen molar-refractivity contribution in [1.29, 1.82) is 0 Å². The summed E-state index contributed by atoms with van der Waals surface area (Å²) in [4.78, 5) is 28.1. The van der Waals surface area contributed by atoms with E-state index in [0.717, 1.165) is 5.56 Å². The van der Waals surface area contributed by atoms with E-state index in [2.05, 4.69) is 10.2 Å². The third-order valence-corrected chi connectivity index (χ3v) is 8.59. The van der Waals surface area contributed by atoms with Gasteiger partial charge in [0.05, 0.1) is 11.6 Å². The maximum absolute atomic E-state index is 13.4. The van der Waals surface area contributed by atoms with Crippen LogP contribution in [-0.4, -0.2) is 40.2 Å². The van der Waals surface area contributed by atoms with Crippen LogP contribution in [0, 0.1) is 0 Å². The number of aromatic nitrogens is 2. The van der Waals surface area contributed by atoms with Gasteiger partial charge in [0.2, 0.25) is 5.13 Å². The Labute approximate surface area is 236 Å². The molecule has 1 atom stereocenters. The first-order valence-electron chi connectivity index (χ1n) is 12.0. The third-order valence-electron chi connectivity index (χ3n) is 6.23. The van der Waals surface area contributed by atoms with Crippen molar-refractivity contribution in [2.24, 2.45) is 0 Å². The number of ether oxygens (including phenoxy) is 2. The average Bonchev–Trinajstić information content (AvgIpc) is 3.53. The number of fused-ring (bicyclic) bond motifs is 1. The first-order chi connectivity index (χ1) is 19.0. The summed E-state index contributed by atoms with van der Waals surface area (Å²) in [6.45, 7) is 0.789. The fraction of sp³-hybridized carbons (Fsp3) is 0.143. The highest BCUT2D eigenvalue weighted by atomic mass is 35.5. The molecular weight excluding hydrogens is 558 g/mol. The SMILES string of the molecule is O=C1C(=O)N(c2nnc(SCc3ccccc3)s2)[C@@H](c2cccc(Cl)c2)/C1=C(\O)c1ccc2c(c1)OCCO2. The zero-order chi connectivity index (χ0) is 26.9. The summed E-state index contributed by atoms with van der Waals surface area (Å²) < 4.78 is 11.9. The van der Waals surface area contributed by atoms with Crippen molar-refractivity contribution < 1.29 is 24.2 Å². The van der Waals surface area contributed by atoms with E-state index in [1.54, 1.807) is 42.5 Å². The van der Waals surface area contributed by atoms with Crippen molar-refractivity contribution in [3.8, 4) is 11.5 Å². The van der Waals surface area contributed by atoms with Gasteiger partial charge >= 0.3 is 5.91 Å². The van der Waals surface area contributed by atoms with Gasteiger partial charge in [-0.25, -0.2) is 0 Å². The second-order valence-corrected chi connectivity index (χ2v) is 11.3. The number of aliphatic hydroxyl groups excluding tert-OH is 1. The van der Waals surface area contributed by atoms with E-state index < -0.39 is 17.7 Å². The minimum atomic E-state index is -0.961. The summed E-state index contributed by atoms with van der Waals surface area (Å²) in [5.74, 6) is -0.310. The van der Waals surface area contributed by atoms with Gasteiger partial charge in [0, 0.05) is 16.3 Å². The zero-order valence-electron chi connectivity index (χ0n) is 20.2. The number of thioether (sulfide) groups is 1. The molecule has 0 spiro atoms. The summed E-state index contributed by atoms with van der Waals surface area (Å²) in [6.07, 6.45) is 0. The number of rotatable bonds is 6. The molecule has 0 unspecified atom stereocenters. The highest BCUT2D eigenvalue weighted by Crippen LogP contribution is 2.45. The number of anilines is 1. The number of carbonyl (C=O) groups excluding carboxylic acids is 2. The van der Waals surface area contributed by atoms with Crippen molar-refractivity contribution in [1.82, 2.24) is 10.2 Å². The molecule has 11 heteroatoms. The van der Waals surface area contributed by atoms with Crippen LogP contribution in [0.4, 0.5) is 5.13 Å². The lowest BCUT2D eigenvalue weighted by Gasteiger charge is -2.23. The second-order valence-electron chi connectivity index (χ2n) is 8.71. The van der Waals surface area contributed by atoms with E-state index in [1.807, 2.05) is 30.3 Å². The molecule has 8 nitrogen and oxygen atoms in total. The molecule has 1 N–H and O–H groups in total. The molecule has 0 radical (unpaired) electrons. The van der Waals surface area contributed by atoms with Crippen LogP contribution in [0.3, 0.4) is 0 Å². The highest BCUT2D eigenvalue weighted by Gasteiger charge is 2.48. The second kappa shape index (κ2) is 10.7. The summed E-state index contributed by atoms with van der Waals surface area (Å²) >= 11 is 8.98. The van der Waals surface area contributed by atoms with Crippen LogP contribution in [0.15, 0.2) is 82.7 Å². The number of amides is 1. The maximum Gasteiger partial charge on any atom is 0.301 e. The largest absolute Gasteiger partial charge is 0.507 e. The molecule has 1 aromatic heterocycles. The van der Waals surface area contributed by atoms with E-state index >= 15 is 0 Å². The van der Waals surface area contributed by atoms with Crippen molar-refractivity contribution in [3.05, 3.63) is 100 Å². The van der Waals surface area contributed by atoms with Crippen molar-refractivity contribution in [3.63, 3.8) is 0 Å². The van der Waals surface area contributed by atoms with E-state index in [0.29, 0.717) is 51.0 Å². The number of aliphatic hydroxyl groups is 1. The summed E-state index contributed by atoms with van der Waals surface area (Å²) in [7, 11) is 0. The Bertz CT molecular complexity index is 1610. The predicted octanol–water partition coefficient (Wildman–Crippen LogP) is 5.88. The van der Waals surface area contributed by atoms with Gasteiger partial charge in [0.1, 0.15) is 19.0 Å². The summed E-state index contributed by atoms with van der Waals surface area (Å²) in [6, 6.07) is 20.7. The molecule has 0 aliphatic carbocycles. The van der Waals surface area contributed by atoms with Crippen molar-refractivity contribution in [2.75, 3.05) is 18.1 Å². The summed E-state index contributed by atoms with van der Waals surface area (Å²) in [5.41, 5.74) is 1.92. The molecule has 2 aliphatic rings. The van der Waals surface area contributed by atoms with Gasteiger partial charge in [-0.05, 0) is 41.5 Å². The lowest BCUT2D eigenvalue weighted by molar-refractivity contribution is -0.132. The lowest BCUT2D eigenvalue weighted by atomic mass is 9.95. The number of Topliss-reactive ketones (excluding diaryl/α,β-unsaturated/α-hetero) is 1. The molecule has 0 saturated carbocycles. The van der Waals surface area contributed by atoms with Gasteiger partial charge in [-0.2, -0.15) is 0 Å². The Morgan fingerprint density at radius 1 is 1.00 bits per heavy atom. The highest BCUT2D eigenvalue weighted by molar-refractivity contribution is 8.00. The molecule has 196 valence electrons. The molecular formula is C28H20ClN3O5S2. The molecule has 4 aromatic rings. The Balaban J connectivity index is 1.40. The van der Waals surface area contributed by atoms with Gasteiger partial charge < -0.3 is 14.6 Å². The molecule has 39 heavy (non-hydrogen) atoms. The quantitative estimate of drug-likeness (QED) is 0.0996. The van der Waals surface area contributed by atoms with Crippen LogP contribution < -0.4 is 14.4 Å². The molecule has 3 heterocycles. The van der Waals surface area contributed by atoms with Crippen LogP contribution >= 0.6 is 34.7 Å². The van der Waals surface area contributed by atoms with Gasteiger partial charge in [-0.1, -0.05) is 77.2 Å². The fourth-order valence-corrected chi connectivity index (χ4v) is 6.47. The standard InChI is InChI=1S/C28H20ClN3O5S2/c29-19-8-4-7-17(13-19)23-22(24(33)18-9-10-20-21(14-18)37-12-11-36-20)25(34)26(35)32(23)27-30-31-28(39-27)38-15-16-5-2-1-3-6-16/h1-10,13-14,23,33H,11-12,15H2/b24-22+/t23-/m0/s1. The maximum atomic E-state index is 13.4. The molecule has 2 aliphatic heterocycles. The molecule has 0 bridgehead atoms. The van der Waals surface area contributed by atoms with E-state index in [9.17, 15) is 14.7 Å². The third kappa shape index (κ3) is 4.98. The Morgan fingerprint density at radius 3 is 2.59 bits per heavy atom. The minimum absolute atomic E-state index is 0.0763. The Hall–Kier alpha value is -3.86. The van der Waals surface area contributed by atoms with Gasteiger partial charge in [0.15, 0.2) is 15.8 Å². The first-order valence-corrected chi connectivity index (χ1v) is 14.1. The van der Waals surface area contributed by atoms with Crippen LogP contribution in [0.1, 0.15) is 22.7 Å². The monoisotopic (exact) mass is 577 g/mol. The van der Waals surface area contributed by atoms with Gasteiger partial charge in [0.25, 0.3) is 5.78 Å². The van der Waals surface area contributed by atoms with Gasteiger partial charge in [-0.3, -0.25) is 14.5 Å². The Morgan fingerprint density at radius 2 is 1.79 bits per heavy atom. The van der Waals surface area contributed by atoms with Crippen molar-refractivity contribution >= 4 is 57.3 Å². The lowest BCUT2D eigenvalue weighted by Crippen LogP contribution is -2.29. The topological polar surface area (TPSA) is 102 Å². The van der Waals surface area contributed by atoms with E-state index in [4.69, 9.17) is 21.1 Å². The number of hydrogen-bond acceptors (Lipinski definition) is 9. The zero-order valence-corrected chi connectivity index (χ0v) is 22.6. The molecule has 6 rings (SSSR count). The van der Waals surface area contributed by atoms with Crippen LogP contribution in [-0.2, 0) is 15.3 Å². The van der Waals surface area contributed by atoms with Gasteiger partial charge in [-0.15, -0.1) is 10.2 Å². The summed E-state index contributed by atoms with van der Waals surface area (Å²) in [5, 5.41) is 20.6. The van der Waals surface area contributed by atoms with E-state index in [1.165, 1.54) is 28.0 Å². The predicted molar refractivity (Wildman–Crippen MR) is 150 cm³/mol. The number of nitrogens with zero attached hydrogens (tertiary/aromatic N) is 3. The number of halogens is 1. The van der Waals surface area contributed by atoms with Crippen LogP contribution in [0.2, 0.25) is 5.02 Å². The van der Waals surface area contributed by atoms with Crippen molar-refractivity contribution in [2.45, 2.75) is 16.1 Å². The number of ketones is 1. The number of carbonyl (C=O) groups is 2. The van der Waals surface area contributed by atoms with E-state index in [-0.39, 0.29) is 16.5 Å². The normalized spacial score (nSPS) is 18.0. The first kappa shape index (κ1) is 25.4. The number of benzene rings is 3. The minimum Gasteiger partial charge on any atom is -0.507 e. The fourth-order valence-electron chi connectivity index (χ4n) is 4.45. The van der Waals surface area contributed by atoms with Crippen LogP contribution in [0.25, 0.3) is 5.76 Å². The Kier molecular flexibility index (Phi) is 6.99. The van der Waals surface area contributed by atoms with Crippen LogP contribution in [0.5, 0.6) is 11.5 Å². The smallest absolute Gasteiger partial charge is 0.301 e. The molecule has 3 aromatic carbocycles.